The molecule has 19 heavy (non-hydrogen) atoms. The Hall–Kier alpha value is -2.00. The third kappa shape index (κ3) is 2.17. The van der Waals surface area contributed by atoms with E-state index in [9.17, 15) is 0 Å². The van der Waals surface area contributed by atoms with E-state index in [-0.39, 0.29) is 0 Å². The number of thiophene rings is 1. The first-order chi connectivity index (χ1) is 9.15. The molecule has 3 aromatic rings. The van der Waals surface area contributed by atoms with Crippen molar-refractivity contribution in [1.29, 1.82) is 0 Å². The van der Waals surface area contributed by atoms with Gasteiger partial charge in [0.1, 0.15) is 0 Å². The highest BCUT2D eigenvalue weighted by Crippen LogP contribution is 2.34. The molecule has 0 unspecified atom stereocenters. The van der Waals surface area contributed by atoms with Crippen molar-refractivity contribution in [2.75, 3.05) is 11.1 Å². The minimum atomic E-state index is 0.790. The van der Waals surface area contributed by atoms with Gasteiger partial charge in [0.25, 0.3) is 0 Å². The van der Waals surface area contributed by atoms with Crippen molar-refractivity contribution < 1.29 is 0 Å². The summed E-state index contributed by atoms with van der Waals surface area (Å²) >= 11 is 1.74. The molecule has 96 valence electrons. The van der Waals surface area contributed by atoms with Gasteiger partial charge in [-0.3, -0.25) is 0 Å². The average molecular weight is 268 g/mol. The van der Waals surface area contributed by atoms with E-state index in [0.717, 1.165) is 17.1 Å². The van der Waals surface area contributed by atoms with Crippen LogP contribution in [0.15, 0.2) is 41.8 Å². The molecule has 3 rings (SSSR count). The topological polar surface area (TPSA) is 38.0 Å². The number of anilines is 3. The first-order valence-electron chi connectivity index (χ1n) is 6.25. The smallest absolute Gasteiger partial charge is 0.0621 e. The molecule has 0 atom stereocenters. The number of nitrogens with two attached hydrogens (primary N) is 1. The molecule has 0 spiro atoms. The standard InChI is InChI=1S/C16H16N2S/c1-10-7-13(17)14(8-11(10)2)18-15-9-19-16-6-4-3-5-12(15)16/h3-9,18H,17H2,1-2H3. The number of hydrogen-bond donors (Lipinski definition) is 2. The van der Waals surface area contributed by atoms with Gasteiger partial charge in [-0.2, -0.15) is 0 Å². The summed E-state index contributed by atoms with van der Waals surface area (Å²) in [6, 6.07) is 12.5. The van der Waals surface area contributed by atoms with Gasteiger partial charge in [-0.05, 0) is 43.2 Å². The summed E-state index contributed by atoms with van der Waals surface area (Å²) in [6.07, 6.45) is 0. The Labute approximate surface area is 116 Å². The van der Waals surface area contributed by atoms with Crippen molar-refractivity contribution >= 4 is 38.5 Å². The number of nitrogen functional groups attached to an aromatic ring is 1. The molecule has 0 amide bonds. The average Bonchev–Trinajstić information content (AvgIpc) is 2.80. The first-order valence-corrected chi connectivity index (χ1v) is 7.13. The van der Waals surface area contributed by atoms with Crippen LogP contribution >= 0.6 is 11.3 Å². The van der Waals surface area contributed by atoms with E-state index in [0.29, 0.717) is 0 Å². The van der Waals surface area contributed by atoms with Crippen molar-refractivity contribution in [2.45, 2.75) is 13.8 Å². The minimum absolute atomic E-state index is 0.790. The fourth-order valence-electron chi connectivity index (χ4n) is 2.17. The number of fused-ring (bicyclic) bond motifs is 1. The lowest BCUT2D eigenvalue weighted by molar-refractivity contribution is 1.34. The number of rotatable bonds is 2. The van der Waals surface area contributed by atoms with Crippen LogP contribution in [0.5, 0.6) is 0 Å². The summed E-state index contributed by atoms with van der Waals surface area (Å²) in [5, 5.41) is 6.83. The summed E-state index contributed by atoms with van der Waals surface area (Å²) in [7, 11) is 0. The van der Waals surface area contributed by atoms with Gasteiger partial charge >= 0.3 is 0 Å². The molecule has 1 heterocycles. The van der Waals surface area contributed by atoms with Crippen LogP contribution in [0.2, 0.25) is 0 Å². The molecule has 1 aromatic heterocycles. The molecular formula is C16H16N2S. The third-order valence-corrected chi connectivity index (χ3v) is 4.38. The van der Waals surface area contributed by atoms with E-state index in [4.69, 9.17) is 5.73 Å². The molecule has 0 aliphatic carbocycles. The van der Waals surface area contributed by atoms with Gasteiger partial charge in [-0.25, -0.2) is 0 Å². The predicted molar refractivity (Wildman–Crippen MR) is 85.4 cm³/mol. The van der Waals surface area contributed by atoms with Crippen molar-refractivity contribution in [3.63, 3.8) is 0 Å². The lowest BCUT2D eigenvalue weighted by atomic mass is 10.1. The van der Waals surface area contributed by atoms with Gasteiger partial charge in [0.05, 0.1) is 17.1 Å². The predicted octanol–water partition coefficient (Wildman–Crippen LogP) is 4.84. The highest BCUT2D eigenvalue weighted by atomic mass is 32.1. The number of benzene rings is 2. The third-order valence-electron chi connectivity index (χ3n) is 3.42. The molecule has 0 bridgehead atoms. The Kier molecular flexibility index (Phi) is 2.91. The Balaban J connectivity index is 2.04. The number of nitrogens with one attached hydrogen (secondary N) is 1. The molecule has 3 N–H and O–H groups in total. The fourth-order valence-corrected chi connectivity index (χ4v) is 3.06. The normalized spacial score (nSPS) is 10.8. The molecule has 0 radical (unpaired) electrons. The number of hydrogen-bond acceptors (Lipinski definition) is 3. The summed E-state index contributed by atoms with van der Waals surface area (Å²) < 4.78 is 1.28. The van der Waals surface area contributed by atoms with Crippen LogP contribution in [0.4, 0.5) is 17.1 Å². The van der Waals surface area contributed by atoms with Gasteiger partial charge in [-0.15, -0.1) is 11.3 Å². The quantitative estimate of drug-likeness (QED) is 0.652. The zero-order valence-electron chi connectivity index (χ0n) is 11.0. The van der Waals surface area contributed by atoms with E-state index < -0.39 is 0 Å². The SMILES string of the molecule is Cc1cc(N)c(Nc2csc3ccccc23)cc1C. The number of aryl methyl sites for hydroxylation is 2. The Bertz CT molecular complexity index is 744. The van der Waals surface area contributed by atoms with Gasteiger partial charge < -0.3 is 11.1 Å². The molecule has 0 aliphatic heterocycles. The van der Waals surface area contributed by atoms with Crippen molar-refractivity contribution in [1.82, 2.24) is 0 Å². The van der Waals surface area contributed by atoms with Crippen molar-refractivity contribution in [3.8, 4) is 0 Å². The maximum Gasteiger partial charge on any atom is 0.0621 e. The van der Waals surface area contributed by atoms with Crippen LogP contribution in [-0.4, -0.2) is 0 Å². The van der Waals surface area contributed by atoms with Gasteiger partial charge in [0.2, 0.25) is 0 Å². The highest BCUT2D eigenvalue weighted by Gasteiger charge is 2.07. The zero-order chi connectivity index (χ0) is 13.4. The van der Waals surface area contributed by atoms with Crippen LogP contribution in [0.3, 0.4) is 0 Å². The second-order valence-corrected chi connectivity index (χ2v) is 5.71. The maximum absolute atomic E-state index is 6.09. The monoisotopic (exact) mass is 268 g/mol. The van der Waals surface area contributed by atoms with Gasteiger partial charge in [-0.1, -0.05) is 18.2 Å². The Morgan fingerprint density at radius 1 is 1.00 bits per heavy atom. The van der Waals surface area contributed by atoms with Gasteiger partial charge in [0, 0.05) is 15.5 Å². The van der Waals surface area contributed by atoms with E-state index in [2.05, 4.69) is 54.9 Å². The van der Waals surface area contributed by atoms with Crippen LogP contribution < -0.4 is 11.1 Å². The summed E-state index contributed by atoms with van der Waals surface area (Å²) in [5.41, 5.74) is 11.4. The second kappa shape index (κ2) is 4.59. The van der Waals surface area contributed by atoms with E-state index >= 15 is 0 Å². The minimum Gasteiger partial charge on any atom is -0.397 e. The first kappa shape index (κ1) is 12.1. The molecule has 0 fully saturated rings. The van der Waals surface area contributed by atoms with Crippen LogP contribution in [0.25, 0.3) is 10.1 Å². The largest absolute Gasteiger partial charge is 0.397 e. The van der Waals surface area contributed by atoms with Crippen LogP contribution in [0.1, 0.15) is 11.1 Å². The molecule has 2 aromatic carbocycles. The molecule has 3 heteroatoms. The molecule has 0 saturated carbocycles. The molecular weight excluding hydrogens is 252 g/mol. The lowest BCUT2D eigenvalue weighted by Crippen LogP contribution is -1.97. The van der Waals surface area contributed by atoms with Crippen molar-refractivity contribution in [2.24, 2.45) is 0 Å². The maximum atomic E-state index is 6.09. The fraction of sp³-hybridized carbons (Fsp3) is 0.125. The van der Waals surface area contributed by atoms with E-state index in [1.807, 2.05) is 6.07 Å². The summed E-state index contributed by atoms with van der Waals surface area (Å²) in [4.78, 5) is 0. The summed E-state index contributed by atoms with van der Waals surface area (Å²) in [6.45, 7) is 4.18. The molecule has 0 saturated heterocycles. The molecule has 2 nitrogen and oxygen atoms in total. The van der Waals surface area contributed by atoms with E-state index in [1.165, 1.54) is 21.2 Å². The van der Waals surface area contributed by atoms with Crippen molar-refractivity contribution in [3.05, 3.63) is 52.9 Å². The Morgan fingerprint density at radius 2 is 1.74 bits per heavy atom. The second-order valence-electron chi connectivity index (χ2n) is 4.79. The summed E-state index contributed by atoms with van der Waals surface area (Å²) in [5.74, 6) is 0. The highest BCUT2D eigenvalue weighted by molar-refractivity contribution is 7.17. The van der Waals surface area contributed by atoms with Gasteiger partial charge in [0.15, 0.2) is 0 Å². The van der Waals surface area contributed by atoms with Crippen LogP contribution in [0, 0.1) is 13.8 Å². The van der Waals surface area contributed by atoms with Crippen LogP contribution in [-0.2, 0) is 0 Å². The lowest BCUT2D eigenvalue weighted by Gasteiger charge is -2.11. The zero-order valence-corrected chi connectivity index (χ0v) is 11.8. The van der Waals surface area contributed by atoms with E-state index in [1.54, 1.807) is 11.3 Å². The molecule has 0 aliphatic rings. The Morgan fingerprint density at radius 3 is 2.58 bits per heavy atom.